The summed E-state index contributed by atoms with van der Waals surface area (Å²) in [5, 5.41) is -0.674. The molecule has 2 nitrogen and oxygen atoms in total. The largest absolute Gasteiger partial charge is 0.431 e. The summed E-state index contributed by atoms with van der Waals surface area (Å²) in [5.41, 5.74) is -15.6. The molecule has 0 aliphatic rings. The highest BCUT2D eigenvalue weighted by Crippen LogP contribution is 2.50. The van der Waals surface area contributed by atoms with Gasteiger partial charge in [0.05, 0.1) is 0 Å². The number of halogens is 21. The van der Waals surface area contributed by atoms with Gasteiger partial charge in [0.2, 0.25) is 0 Å². The maximum Gasteiger partial charge on any atom is 0.431 e. The number of nitrogens with zero attached hydrogens (tertiary/aromatic N) is 1. The number of carbonyl (C=O) groups excluding carboxylic acids is 1. The number of thioether (sulfide) groups is 2. The lowest BCUT2D eigenvalue weighted by Gasteiger charge is -2.29. The Balaban J connectivity index is -0.000000592. The van der Waals surface area contributed by atoms with E-state index in [9.17, 15) is 97.0 Å². The van der Waals surface area contributed by atoms with Crippen molar-refractivity contribution in [1.82, 2.24) is 0 Å². The molecule has 0 spiro atoms. The SMILES string of the molecule is CC(=O)SCCC(F)(C(F)(F)F)C(F)(F)F.FC(F)(F)C(F)(CCS)C(F)(F)F.[C-]#[N+]CSCCC(F)(C(F)(F)F)C(F)(F)F. The van der Waals surface area contributed by atoms with Crippen LogP contribution in [0.3, 0.4) is 0 Å². The molecular formula is C19H18F21NOS3. The van der Waals surface area contributed by atoms with Crippen molar-refractivity contribution in [3.05, 3.63) is 11.4 Å². The highest BCUT2D eigenvalue weighted by atomic mass is 32.2. The van der Waals surface area contributed by atoms with Crippen molar-refractivity contribution in [3.63, 3.8) is 0 Å². The molecule has 45 heavy (non-hydrogen) atoms. The van der Waals surface area contributed by atoms with Crippen LogP contribution >= 0.6 is 36.2 Å². The van der Waals surface area contributed by atoms with Crippen LogP contribution in [-0.4, -0.2) is 82.3 Å². The molecule has 0 aromatic rings. The molecule has 0 saturated heterocycles. The Kier molecular flexibility index (Phi) is 18.4. The quantitative estimate of drug-likeness (QED) is 0.109. The first-order valence-electron chi connectivity index (χ1n) is 10.7. The van der Waals surface area contributed by atoms with Gasteiger partial charge in [-0.25, -0.2) is 19.7 Å². The Labute approximate surface area is 253 Å². The van der Waals surface area contributed by atoms with Crippen LogP contribution in [0.5, 0.6) is 0 Å². The van der Waals surface area contributed by atoms with E-state index in [1.165, 1.54) is 0 Å². The monoisotopic (exact) mass is 771 g/mol. The van der Waals surface area contributed by atoms with Crippen molar-refractivity contribution in [3.8, 4) is 0 Å². The van der Waals surface area contributed by atoms with Gasteiger partial charge in [0.25, 0.3) is 22.9 Å². The van der Waals surface area contributed by atoms with E-state index in [1.807, 2.05) is 0 Å². The third-order valence-corrected chi connectivity index (χ3v) is 6.49. The standard InChI is InChI=1S/C7H6F7NS.C7H7F7OS.C5H5F7S/c1-15-4-16-3-2-5(8,6(9,10)11)7(12,13)14;1-4(15)16-3-2-5(8,6(9,10)11)7(12,13)14;6-3(1-2-13,4(7,8)9)5(10,11)12/h2-4H2;2-3H2,1H3;13H,1-2H2. The van der Waals surface area contributed by atoms with Crippen molar-refractivity contribution in [2.24, 2.45) is 0 Å². The van der Waals surface area contributed by atoms with Crippen molar-refractivity contribution < 1.29 is 97.0 Å². The summed E-state index contributed by atoms with van der Waals surface area (Å²) in [6.07, 6.45) is -41.3. The first-order chi connectivity index (χ1) is 19.5. The molecule has 270 valence electrons. The highest BCUT2D eigenvalue weighted by molar-refractivity contribution is 8.13. The third-order valence-electron chi connectivity index (χ3n) is 4.65. The van der Waals surface area contributed by atoms with Gasteiger partial charge < -0.3 is 4.85 Å². The molecule has 0 atom stereocenters. The van der Waals surface area contributed by atoms with Crippen LogP contribution in [0.2, 0.25) is 0 Å². The molecule has 0 bridgehead atoms. The molecule has 0 N–H and O–H groups in total. The fourth-order valence-electron chi connectivity index (χ4n) is 2.15. The average Bonchev–Trinajstić information content (AvgIpc) is 2.78. The van der Waals surface area contributed by atoms with Crippen LogP contribution in [0.1, 0.15) is 26.2 Å². The van der Waals surface area contributed by atoms with E-state index in [-0.39, 0.29) is 17.6 Å². The van der Waals surface area contributed by atoms with Crippen molar-refractivity contribution >= 4 is 41.3 Å². The van der Waals surface area contributed by atoms with Gasteiger partial charge in [-0.1, -0.05) is 23.5 Å². The molecule has 0 aliphatic carbocycles. The van der Waals surface area contributed by atoms with Gasteiger partial charge in [-0.15, -0.1) is 0 Å². The summed E-state index contributed by atoms with van der Waals surface area (Å²) in [4.78, 5) is 13.0. The van der Waals surface area contributed by atoms with E-state index < -0.39 is 95.7 Å². The lowest BCUT2D eigenvalue weighted by molar-refractivity contribution is -0.342. The van der Waals surface area contributed by atoms with Crippen LogP contribution in [0.4, 0.5) is 92.2 Å². The van der Waals surface area contributed by atoms with Gasteiger partial charge in [-0.2, -0.15) is 91.7 Å². The highest BCUT2D eigenvalue weighted by Gasteiger charge is 2.73. The first kappa shape index (κ1) is 48.1. The lowest BCUT2D eigenvalue weighted by atomic mass is 10.0. The molecule has 0 saturated carbocycles. The summed E-state index contributed by atoms with van der Waals surface area (Å²) in [5.74, 6) is -2.75. The lowest BCUT2D eigenvalue weighted by Crippen LogP contribution is -2.53. The zero-order chi connectivity index (χ0) is 37.1. The van der Waals surface area contributed by atoms with E-state index >= 15 is 0 Å². The topological polar surface area (TPSA) is 21.4 Å². The van der Waals surface area contributed by atoms with E-state index in [2.05, 4.69) is 17.5 Å². The van der Waals surface area contributed by atoms with Crippen LogP contribution in [0.15, 0.2) is 0 Å². The number of rotatable bonds is 9. The molecule has 0 aromatic heterocycles. The molecule has 0 fully saturated rings. The minimum atomic E-state index is -6.04. The molecule has 0 rings (SSSR count). The van der Waals surface area contributed by atoms with Crippen molar-refractivity contribution in [1.29, 1.82) is 0 Å². The molecule has 0 aliphatic heterocycles. The zero-order valence-electron chi connectivity index (χ0n) is 21.5. The summed E-state index contributed by atoms with van der Waals surface area (Å²) in [6, 6.07) is 0. The van der Waals surface area contributed by atoms with Crippen molar-refractivity contribution in [2.75, 3.05) is 23.1 Å². The molecule has 0 unspecified atom stereocenters. The summed E-state index contributed by atoms with van der Waals surface area (Å²) in [7, 11) is 0. The van der Waals surface area contributed by atoms with Gasteiger partial charge in [-0.3, -0.25) is 4.79 Å². The van der Waals surface area contributed by atoms with Gasteiger partial charge >= 0.3 is 37.1 Å². The van der Waals surface area contributed by atoms with E-state index in [0.717, 1.165) is 6.92 Å². The smallest absolute Gasteiger partial charge is 0.305 e. The predicted molar refractivity (Wildman–Crippen MR) is 123 cm³/mol. The minimum Gasteiger partial charge on any atom is -0.305 e. The normalized spacial score (nSPS) is 14.1. The number of hydrogen-bond acceptors (Lipinski definition) is 4. The van der Waals surface area contributed by atoms with Crippen LogP contribution in [0, 0.1) is 6.57 Å². The third kappa shape index (κ3) is 14.2. The van der Waals surface area contributed by atoms with E-state index in [4.69, 9.17) is 6.57 Å². The predicted octanol–water partition coefficient (Wildman–Crippen LogP) is 10.4. The number of thiol groups is 1. The molecule has 0 aromatic carbocycles. The summed E-state index contributed by atoms with van der Waals surface area (Å²) >= 11 is 3.87. The van der Waals surface area contributed by atoms with Crippen LogP contribution in [0.25, 0.3) is 4.85 Å². The van der Waals surface area contributed by atoms with Crippen LogP contribution < -0.4 is 0 Å². The van der Waals surface area contributed by atoms with E-state index in [1.54, 1.807) is 0 Å². The molecule has 0 heterocycles. The summed E-state index contributed by atoms with van der Waals surface area (Å²) < 4.78 is 252. The number of hydrogen-bond donors (Lipinski definition) is 1. The fourth-order valence-corrected chi connectivity index (χ4v) is 3.77. The Hall–Kier alpha value is -1.26. The Morgan fingerprint density at radius 3 is 1.02 bits per heavy atom. The molecular weight excluding hydrogens is 753 g/mol. The average molecular weight is 772 g/mol. The minimum absolute atomic E-state index is 0.211. The zero-order valence-corrected chi connectivity index (χ0v) is 24.0. The Bertz CT molecular complexity index is 885. The van der Waals surface area contributed by atoms with Gasteiger partial charge in [0, 0.05) is 37.7 Å². The van der Waals surface area contributed by atoms with E-state index in [0.29, 0.717) is 11.8 Å². The number of alkyl halides is 21. The fraction of sp³-hybridized carbons (Fsp3) is 0.895. The van der Waals surface area contributed by atoms with Crippen LogP contribution in [-0.2, 0) is 4.79 Å². The molecule has 0 amide bonds. The van der Waals surface area contributed by atoms with Crippen molar-refractivity contribution in [2.45, 2.75) is 80.3 Å². The maximum absolute atomic E-state index is 12.9. The second-order valence-electron chi connectivity index (χ2n) is 7.90. The first-order valence-corrected chi connectivity index (χ1v) is 13.4. The molecule has 0 radical (unpaired) electrons. The number of carbonyl (C=O) groups is 1. The van der Waals surface area contributed by atoms with Gasteiger partial charge in [0.1, 0.15) is 0 Å². The Morgan fingerprint density at radius 1 is 0.556 bits per heavy atom. The second-order valence-corrected chi connectivity index (χ2v) is 10.7. The summed E-state index contributed by atoms with van der Waals surface area (Å²) in [6.45, 7) is 7.21. The maximum atomic E-state index is 12.9. The Morgan fingerprint density at radius 2 is 0.822 bits per heavy atom. The second kappa shape index (κ2) is 17.2. The van der Waals surface area contributed by atoms with Gasteiger partial charge in [0.15, 0.2) is 5.12 Å². The van der Waals surface area contributed by atoms with Gasteiger partial charge in [-0.05, 0) is 5.75 Å². The molecule has 26 heteroatoms.